The molecule has 130 valence electrons. The summed E-state index contributed by atoms with van der Waals surface area (Å²) in [6.07, 6.45) is 3.08. The molecule has 3 heterocycles. The Morgan fingerprint density at radius 2 is 2.15 bits per heavy atom. The predicted molar refractivity (Wildman–Crippen MR) is 106 cm³/mol. The Labute approximate surface area is 162 Å². The van der Waals surface area contributed by atoms with Crippen molar-refractivity contribution in [2.45, 2.75) is 6.92 Å². The monoisotopic (exact) mass is 403 g/mol. The van der Waals surface area contributed by atoms with Crippen molar-refractivity contribution in [3.05, 3.63) is 73.8 Å². The van der Waals surface area contributed by atoms with Crippen LogP contribution in [0.3, 0.4) is 0 Å². The summed E-state index contributed by atoms with van der Waals surface area (Å²) < 4.78 is 6.69. The molecule has 5 nitrogen and oxygen atoms in total. The number of fused-ring (bicyclic) bond motifs is 1. The molecule has 4 rings (SSSR count). The number of benzene rings is 1. The van der Waals surface area contributed by atoms with E-state index in [0.717, 1.165) is 0 Å². The molecule has 0 radical (unpaired) electrons. The Morgan fingerprint density at radius 3 is 2.88 bits per heavy atom. The fourth-order valence-corrected chi connectivity index (χ4v) is 3.98. The van der Waals surface area contributed by atoms with E-state index in [1.54, 1.807) is 37.5 Å². The van der Waals surface area contributed by atoms with Crippen LogP contribution in [0, 0.1) is 6.92 Å². The second-order valence-electron chi connectivity index (χ2n) is 5.49. The van der Waals surface area contributed by atoms with Crippen LogP contribution in [-0.2, 0) is 0 Å². The lowest BCUT2D eigenvalue weighted by Crippen LogP contribution is -2.20. The Balaban J connectivity index is 1.86. The minimum absolute atomic E-state index is 0.263. The maximum Gasteiger partial charge on any atom is 0.283 e. The lowest BCUT2D eigenvalue weighted by molar-refractivity contribution is 0.583. The summed E-state index contributed by atoms with van der Waals surface area (Å²) in [6, 6.07) is 8.65. The van der Waals surface area contributed by atoms with E-state index in [2.05, 4.69) is 10.1 Å². The zero-order valence-corrected chi connectivity index (χ0v) is 15.8. The zero-order valence-electron chi connectivity index (χ0n) is 13.4. The van der Waals surface area contributed by atoms with Crippen LogP contribution in [-0.4, -0.2) is 15.9 Å². The molecule has 0 atom stereocenters. The van der Waals surface area contributed by atoms with Crippen molar-refractivity contribution in [1.82, 2.24) is 9.66 Å². The highest BCUT2D eigenvalue weighted by Gasteiger charge is 2.16. The molecule has 0 spiro atoms. The average Bonchev–Trinajstić information content (AvgIpc) is 3.25. The first-order chi connectivity index (χ1) is 12.5. The maximum atomic E-state index is 13.0. The topological polar surface area (TPSA) is 60.4 Å². The van der Waals surface area contributed by atoms with Gasteiger partial charge in [-0.1, -0.05) is 29.3 Å². The zero-order chi connectivity index (χ0) is 18.3. The Morgan fingerprint density at radius 1 is 1.31 bits per heavy atom. The maximum absolute atomic E-state index is 13.0. The molecule has 1 aromatic carbocycles. The van der Waals surface area contributed by atoms with Gasteiger partial charge in [0.1, 0.15) is 16.4 Å². The van der Waals surface area contributed by atoms with Crippen molar-refractivity contribution in [3.63, 3.8) is 0 Å². The number of hydrogen-bond donors (Lipinski definition) is 0. The van der Waals surface area contributed by atoms with Gasteiger partial charge in [-0.3, -0.25) is 4.79 Å². The number of thiophene rings is 1. The quantitative estimate of drug-likeness (QED) is 0.440. The molecule has 8 heteroatoms. The molecule has 0 fully saturated rings. The summed E-state index contributed by atoms with van der Waals surface area (Å²) >= 11 is 13.5. The SMILES string of the molecule is Cc1nc2scc(-c3ccco3)c2c(=O)n1/N=C/c1ccc(Cl)cc1Cl. The minimum atomic E-state index is -0.263. The van der Waals surface area contributed by atoms with E-state index in [4.69, 9.17) is 27.6 Å². The molecule has 26 heavy (non-hydrogen) atoms. The highest BCUT2D eigenvalue weighted by Crippen LogP contribution is 2.31. The third-order valence-electron chi connectivity index (χ3n) is 3.81. The molecule has 0 amide bonds. The van der Waals surface area contributed by atoms with Crippen LogP contribution in [0.5, 0.6) is 0 Å². The van der Waals surface area contributed by atoms with Gasteiger partial charge in [0.05, 0.1) is 22.9 Å². The van der Waals surface area contributed by atoms with Gasteiger partial charge in [0.15, 0.2) is 0 Å². The number of furan rings is 1. The third kappa shape index (κ3) is 2.96. The van der Waals surface area contributed by atoms with Gasteiger partial charge < -0.3 is 4.42 Å². The number of halogens is 2. The van der Waals surface area contributed by atoms with Gasteiger partial charge in [0, 0.05) is 21.5 Å². The number of nitrogens with zero attached hydrogens (tertiary/aromatic N) is 3. The Bertz CT molecular complexity index is 1190. The van der Waals surface area contributed by atoms with Crippen molar-refractivity contribution >= 4 is 51.0 Å². The standard InChI is InChI=1S/C18H11Cl2N3O2S/c1-10-22-17-16(13(9-26-17)15-3-2-6-25-15)18(24)23(10)21-8-11-4-5-12(19)7-14(11)20/h2-9H,1H3/b21-8+. The number of rotatable bonds is 3. The second kappa shape index (κ2) is 6.72. The summed E-state index contributed by atoms with van der Waals surface area (Å²) in [5.74, 6) is 1.10. The van der Waals surface area contributed by atoms with Crippen molar-refractivity contribution < 1.29 is 4.42 Å². The first kappa shape index (κ1) is 17.0. The fraction of sp³-hybridized carbons (Fsp3) is 0.0556. The largest absolute Gasteiger partial charge is 0.464 e. The molecule has 4 aromatic rings. The van der Waals surface area contributed by atoms with Crippen LogP contribution in [0.15, 0.2) is 56.3 Å². The van der Waals surface area contributed by atoms with E-state index in [0.29, 0.717) is 43.0 Å². The molecule has 0 saturated carbocycles. The van der Waals surface area contributed by atoms with Gasteiger partial charge in [0.2, 0.25) is 0 Å². The van der Waals surface area contributed by atoms with E-state index in [-0.39, 0.29) is 5.56 Å². The molecule has 0 unspecified atom stereocenters. The van der Waals surface area contributed by atoms with Gasteiger partial charge in [-0.15, -0.1) is 11.3 Å². The minimum Gasteiger partial charge on any atom is -0.464 e. The fourth-order valence-electron chi connectivity index (χ4n) is 2.56. The van der Waals surface area contributed by atoms with Crippen LogP contribution in [0.1, 0.15) is 11.4 Å². The van der Waals surface area contributed by atoms with Gasteiger partial charge in [-0.25, -0.2) is 4.98 Å². The lowest BCUT2D eigenvalue weighted by Gasteiger charge is -2.04. The van der Waals surface area contributed by atoms with Crippen molar-refractivity contribution in [3.8, 4) is 11.3 Å². The summed E-state index contributed by atoms with van der Waals surface area (Å²) in [6.45, 7) is 1.73. The van der Waals surface area contributed by atoms with Crippen LogP contribution in [0.2, 0.25) is 10.0 Å². The molecule has 3 aromatic heterocycles. The van der Waals surface area contributed by atoms with Crippen LogP contribution < -0.4 is 5.56 Å². The van der Waals surface area contributed by atoms with E-state index in [9.17, 15) is 4.79 Å². The molecule has 0 bridgehead atoms. The van der Waals surface area contributed by atoms with Crippen molar-refractivity contribution in [2.24, 2.45) is 5.10 Å². The molecular weight excluding hydrogens is 393 g/mol. The summed E-state index contributed by atoms with van der Waals surface area (Å²) in [5, 5.41) is 7.61. The van der Waals surface area contributed by atoms with Gasteiger partial charge in [-0.05, 0) is 31.2 Å². The highest BCUT2D eigenvalue weighted by atomic mass is 35.5. The normalized spacial score (nSPS) is 11.7. The van der Waals surface area contributed by atoms with Gasteiger partial charge >= 0.3 is 0 Å². The van der Waals surface area contributed by atoms with Crippen molar-refractivity contribution in [1.29, 1.82) is 0 Å². The number of aromatic nitrogens is 2. The summed E-state index contributed by atoms with van der Waals surface area (Å²) in [4.78, 5) is 18.1. The van der Waals surface area contributed by atoms with Crippen molar-refractivity contribution in [2.75, 3.05) is 0 Å². The summed E-state index contributed by atoms with van der Waals surface area (Å²) in [5.41, 5.74) is 1.10. The lowest BCUT2D eigenvalue weighted by atomic mass is 10.2. The first-order valence-electron chi connectivity index (χ1n) is 7.59. The third-order valence-corrected chi connectivity index (χ3v) is 5.24. The molecule has 0 N–H and O–H groups in total. The first-order valence-corrected chi connectivity index (χ1v) is 9.22. The second-order valence-corrected chi connectivity index (χ2v) is 7.19. The Kier molecular flexibility index (Phi) is 4.40. The molecule has 0 aliphatic rings. The number of aryl methyl sites for hydroxylation is 1. The van der Waals surface area contributed by atoms with E-state index in [1.807, 2.05) is 11.4 Å². The van der Waals surface area contributed by atoms with Crippen LogP contribution in [0.25, 0.3) is 21.5 Å². The molecular formula is C18H11Cl2N3O2S. The Hall–Kier alpha value is -2.41. The van der Waals surface area contributed by atoms with Gasteiger partial charge in [0.25, 0.3) is 5.56 Å². The highest BCUT2D eigenvalue weighted by molar-refractivity contribution is 7.17. The van der Waals surface area contributed by atoms with E-state index < -0.39 is 0 Å². The molecule has 0 aliphatic carbocycles. The van der Waals surface area contributed by atoms with E-state index >= 15 is 0 Å². The van der Waals surface area contributed by atoms with E-state index in [1.165, 1.54) is 22.2 Å². The van der Waals surface area contributed by atoms with Crippen LogP contribution >= 0.6 is 34.5 Å². The summed E-state index contributed by atoms with van der Waals surface area (Å²) in [7, 11) is 0. The number of hydrogen-bond acceptors (Lipinski definition) is 5. The molecule has 0 saturated heterocycles. The van der Waals surface area contributed by atoms with Gasteiger partial charge in [-0.2, -0.15) is 9.78 Å². The smallest absolute Gasteiger partial charge is 0.283 e. The molecule has 0 aliphatic heterocycles. The predicted octanol–water partition coefficient (Wildman–Crippen LogP) is 5.22. The average molecular weight is 404 g/mol. The van der Waals surface area contributed by atoms with Crippen LogP contribution in [0.4, 0.5) is 0 Å².